The van der Waals surface area contributed by atoms with Crippen molar-refractivity contribution in [2.75, 3.05) is 29.4 Å². The number of halogens is 2. The van der Waals surface area contributed by atoms with Crippen molar-refractivity contribution in [3.8, 4) is 0 Å². The zero-order valence-electron chi connectivity index (χ0n) is 14.7. The third-order valence-corrected chi connectivity index (χ3v) is 6.77. The first-order chi connectivity index (χ1) is 12.8. The highest BCUT2D eigenvalue weighted by Gasteiger charge is 2.22. The van der Waals surface area contributed by atoms with Gasteiger partial charge in [-0.25, -0.2) is 8.42 Å². The summed E-state index contributed by atoms with van der Waals surface area (Å²) in [5.74, 6) is 1.10. The highest BCUT2D eigenvalue weighted by Crippen LogP contribution is 2.27. The monoisotopic (exact) mass is 490 g/mol. The fourth-order valence-electron chi connectivity index (χ4n) is 2.28. The number of sulfonamides is 1. The lowest BCUT2D eigenvalue weighted by Crippen LogP contribution is -2.41. The van der Waals surface area contributed by atoms with Gasteiger partial charge in [0.2, 0.25) is 15.9 Å². The van der Waals surface area contributed by atoms with Crippen LogP contribution in [0.15, 0.2) is 53.0 Å². The largest absolute Gasteiger partial charge is 0.354 e. The van der Waals surface area contributed by atoms with Crippen molar-refractivity contribution in [1.82, 2.24) is 5.32 Å². The average Bonchev–Trinajstić information content (AvgIpc) is 2.61. The lowest BCUT2D eigenvalue weighted by Gasteiger charge is -2.23. The highest BCUT2D eigenvalue weighted by molar-refractivity contribution is 9.10. The summed E-state index contributed by atoms with van der Waals surface area (Å²) in [5, 5.41) is 3.49. The van der Waals surface area contributed by atoms with Crippen LogP contribution in [0.4, 0.5) is 5.69 Å². The lowest BCUT2D eigenvalue weighted by molar-refractivity contribution is -0.119. The zero-order valence-corrected chi connectivity index (χ0v) is 18.7. The van der Waals surface area contributed by atoms with E-state index in [2.05, 4.69) is 21.2 Å². The minimum atomic E-state index is -3.59. The molecule has 146 valence electrons. The lowest BCUT2D eigenvalue weighted by atomic mass is 10.2. The van der Waals surface area contributed by atoms with Crippen LogP contribution in [0.5, 0.6) is 0 Å². The number of carbonyl (C=O) groups is 1. The molecule has 0 bridgehead atoms. The molecule has 2 aromatic carbocycles. The maximum atomic E-state index is 12.2. The normalized spacial score (nSPS) is 11.2. The van der Waals surface area contributed by atoms with Crippen molar-refractivity contribution in [1.29, 1.82) is 0 Å². The Kier molecular flexibility index (Phi) is 8.47. The molecule has 2 rings (SSSR count). The summed E-state index contributed by atoms with van der Waals surface area (Å²) in [5.41, 5.74) is 1.48. The minimum Gasteiger partial charge on any atom is -0.354 e. The molecule has 0 aliphatic heterocycles. The van der Waals surface area contributed by atoms with Crippen molar-refractivity contribution in [2.24, 2.45) is 0 Å². The molecule has 2 aromatic rings. The maximum absolute atomic E-state index is 12.2. The van der Waals surface area contributed by atoms with E-state index in [0.29, 0.717) is 22.5 Å². The van der Waals surface area contributed by atoms with Crippen LogP contribution in [-0.2, 0) is 20.6 Å². The van der Waals surface area contributed by atoms with Gasteiger partial charge in [0, 0.05) is 27.5 Å². The fraction of sp³-hybridized carbons (Fsp3) is 0.278. The van der Waals surface area contributed by atoms with Gasteiger partial charge in [-0.15, -0.1) is 0 Å². The van der Waals surface area contributed by atoms with E-state index >= 15 is 0 Å². The van der Waals surface area contributed by atoms with Crippen molar-refractivity contribution in [3.05, 3.63) is 63.6 Å². The number of hydrogen-bond donors (Lipinski definition) is 1. The summed E-state index contributed by atoms with van der Waals surface area (Å²) in [7, 11) is -3.59. The van der Waals surface area contributed by atoms with E-state index in [0.717, 1.165) is 26.9 Å². The Hall–Kier alpha value is -1.22. The SMILES string of the molecule is CS(=O)(=O)N(CC(=O)NCCSCc1ccccc1Cl)c1ccccc1Br. The molecular weight excluding hydrogens is 472 g/mol. The molecule has 0 aromatic heterocycles. The third-order valence-electron chi connectivity index (χ3n) is 3.59. The average molecular weight is 492 g/mol. The summed E-state index contributed by atoms with van der Waals surface area (Å²) >= 11 is 11.1. The molecule has 0 aliphatic carbocycles. The van der Waals surface area contributed by atoms with Crippen LogP contribution < -0.4 is 9.62 Å². The van der Waals surface area contributed by atoms with Crippen LogP contribution in [0.3, 0.4) is 0 Å². The Labute approximate surface area is 177 Å². The van der Waals surface area contributed by atoms with Crippen LogP contribution >= 0.6 is 39.3 Å². The van der Waals surface area contributed by atoms with Crippen molar-refractivity contribution < 1.29 is 13.2 Å². The quantitative estimate of drug-likeness (QED) is 0.540. The van der Waals surface area contributed by atoms with E-state index in [9.17, 15) is 13.2 Å². The summed E-state index contributed by atoms with van der Waals surface area (Å²) in [6.07, 6.45) is 1.08. The molecule has 5 nitrogen and oxygen atoms in total. The predicted molar refractivity (Wildman–Crippen MR) is 117 cm³/mol. The first-order valence-electron chi connectivity index (χ1n) is 8.09. The van der Waals surface area contributed by atoms with E-state index in [1.165, 1.54) is 0 Å². The van der Waals surface area contributed by atoms with E-state index in [-0.39, 0.29) is 12.5 Å². The summed E-state index contributed by atoms with van der Waals surface area (Å²) in [6.45, 7) is 0.179. The number of anilines is 1. The topological polar surface area (TPSA) is 66.5 Å². The Bertz CT molecular complexity index is 894. The molecule has 1 amide bonds. The number of nitrogens with zero attached hydrogens (tertiary/aromatic N) is 1. The molecule has 1 N–H and O–H groups in total. The number of hydrogen-bond acceptors (Lipinski definition) is 4. The second-order valence-electron chi connectivity index (χ2n) is 5.71. The molecule has 9 heteroatoms. The number of rotatable bonds is 9. The van der Waals surface area contributed by atoms with Gasteiger partial charge in [-0.05, 0) is 39.7 Å². The van der Waals surface area contributed by atoms with Gasteiger partial charge in [0.1, 0.15) is 6.54 Å². The van der Waals surface area contributed by atoms with Crippen LogP contribution in [0.25, 0.3) is 0 Å². The first-order valence-corrected chi connectivity index (χ1v) is 12.3. The standard InChI is InChI=1S/C18H20BrClN2O3S2/c1-27(24,25)22(17-9-5-3-7-15(17)19)12-18(23)21-10-11-26-13-14-6-2-4-8-16(14)20/h2-9H,10-13H2,1H3,(H,21,23). The maximum Gasteiger partial charge on any atom is 0.240 e. The molecule has 0 fully saturated rings. The smallest absolute Gasteiger partial charge is 0.240 e. The summed E-state index contributed by atoms with van der Waals surface area (Å²) in [6, 6.07) is 14.5. The molecule has 27 heavy (non-hydrogen) atoms. The highest BCUT2D eigenvalue weighted by atomic mass is 79.9. The Balaban J connectivity index is 1.84. The van der Waals surface area contributed by atoms with Crippen molar-refractivity contribution in [3.63, 3.8) is 0 Å². The summed E-state index contributed by atoms with van der Waals surface area (Å²) in [4.78, 5) is 12.2. The van der Waals surface area contributed by atoms with Gasteiger partial charge in [-0.3, -0.25) is 9.10 Å². The van der Waals surface area contributed by atoms with E-state index < -0.39 is 10.0 Å². The summed E-state index contributed by atoms with van der Waals surface area (Å²) < 4.78 is 25.9. The minimum absolute atomic E-state index is 0.267. The molecule has 0 spiro atoms. The van der Waals surface area contributed by atoms with Crippen LogP contribution in [0, 0.1) is 0 Å². The van der Waals surface area contributed by atoms with Crippen LogP contribution in [-0.4, -0.2) is 39.4 Å². The van der Waals surface area contributed by atoms with Crippen molar-refractivity contribution in [2.45, 2.75) is 5.75 Å². The number of nitrogens with one attached hydrogen (secondary N) is 1. The number of benzene rings is 2. The first kappa shape index (κ1) is 22.1. The fourth-order valence-corrected chi connectivity index (χ4v) is 4.91. The third kappa shape index (κ3) is 7.03. The van der Waals surface area contributed by atoms with E-state index in [1.54, 1.807) is 36.0 Å². The second kappa shape index (κ2) is 10.4. The molecule has 0 aliphatic rings. The predicted octanol–water partition coefficient (Wildman–Crippen LogP) is 3.92. The second-order valence-corrected chi connectivity index (χ2v) is 9.99. The Morgan fingerprint density at radius 1 is 1.19 bits per heavy atom. The van der Waals surface area contributed by atoms with Gasteiger partial charge < -0.3 is 5.32 Å². The molecule has 0 heterocycles. The number of para-hydroxylation sites is 1. The Morgan fingerprint density at radius 2 is 1.85 bits per heavy atom. The van der Waals surface area contributed by atoms with Gasteiger partial charge in [0.25, 0.3) is 0 Å². The number of carbonyl (C=O) groups excluding carboxylic acids is 1. The van der Waals surface area contributed by atoms with Gasteiger partial charge in [0.05, 0.1) is 11.9 Å². The van der Waals surface area contributed by atoms with Crippen LogP contribution in [0.1, 0.15) is 5.56 Å². The van der Waals surface area contributed by atoms with E-state index in [1.807, 2.05) is 24.3 Å². The number of amides is 1. The molecule has 0 saturated carbocycles. The van der Waals surface area contributed by atoms with Gasteiger partial charge in [-0.1, -0.05) is 41.9 Å². The number of thioether (sulfide) groups is 1. The van der Waals surface area contributed by atoms with Gasteiger partial charge in [0.15, 0.2) is 0 Å². The van der Waals surface area contributed by atoms with Gasteiger partial charge in [-0.2, -0.15) is 11.8 Å². The molecule has 0 atom stereocenters. The van der Waals surface area contributed by atoms with Crippen LogP contribution in [0.2, 0.25) is 5.02 Å². The molecular formula is C18H20BrClN2O3S2. The van der Waals surface area contributed by atoms with E-state index in [4.69, 9.17) is 11.6 Å². The Morgan fingerprint density at radius 3 is 2.52 bits per heavy atom. The molecule has 0 saturated heterocycles. The molecule has 0 unspecified atom stereocenters. The molecule has 0 radical (unpaired) electrons. The van der Waals surface area contributed by atoms with Gasteiger partial charge >= 0.3 is 0 Å². The van der Waals surface area contributed by atoms with Crippen molar-refractivity contribution >= 4 is 60.9 Å². The zero-order chi connectivity index (χ0) is 19.9.